The van der Waals surface area contributed by atoms with Crippen LogP contribution in [-0.4, -0.2) is 30.7 Å². The largest absolute Gasteiger partial charge is 0.493 e. The molecule has 2 heterocycles. The summed E-state index contributed by atoms with van der Waals surface area (Å²) in [4.78, 5) is 24.9. The normalized spacial score (nSPS) is 15.1. The van der Waals surface area contributed by atoms with E-state index >= 15 is 0 Å². The van der Waals surface area contributed by atoms with Crippen LogP contribution < -0.4 is 29.0 Å². The lowest BCUT2D eigenvalue weighted by Crippen LogP contribution is -2.30. The second-order valence-electron chi connectivity index (χ2n) is 7.32. The molecule has 0 amide bonds. The van der Waals surface area contributed by atoms with E-state index in [1.165, 1.54) is 22.0 Å². The molecule has 1 aromatic carbocycles. The first-order valence-electron chi connectivity index (χ1n) is 8.62. The summed E-state index contributed by atoms with van der Waals surface area (Å²) in [7, 11) is 3.23. The molecule has 6 nitrogen and oxygen atoms in total. The van der Waals surface area contributed by atoms with Crippen molar-refractivity contribution in [1.82, 2.24) is 4.57 Å². The van der Waals surface area contributed by atoms with E-state index in [0.29, 0.717) is 39.7 Å². The minimum absolute atomic E-state index is 0.0214. The first-order valence-corrected chi connectivity index (χ1v) is 9.43. The van der Waals surface area contributed by atoms with Gasteiger partial charge in [-0.05, 0) is 23.8 Å². The van der Waals surface area contributed by atoms with Crippen LogP contribution in [0.5, 0.6) is 17.2 Å². The van der Waals surface area contributed by atoms with Gasteiger partial charge in [0.1, 0.15) is 17.9 Å². The zero-order valence-electron chi connectivity index (χ0n) is 16.1. The molecule has 0 N–H and O–H groups in total. The number of rotatable bonds is 3. The fourth-order valence-corrected chi connectivity index (χ4v) is 3.59. The summed E-state index contributed by atoms with van der Waals surface area (Å²) in [5.74, 6) is 1.70. The molecule has 3 rings (SSSR count). The molecule has 0 bridgehead atoms. The van der Waals surface area contributed by atoms with Crippen LogP contribution in [0.3, 0.4) is 0 Å². The van der Waals surface area contributed by atoms with Crippen molar-refractivity contribution < 1.29 is 19.0 Å². The Bertz CT molecular complexity index is 1040. The van der Waals surface area contributed by atoms with Crippen molar-refractivity contribution in [2.24, 2.45) is 12.5 Å². The number of ether oxygens (including phenoxy) is 3. The van der Waals surface area contributed by atoms with Gasteiger partial charge in [0.15, 0.2) is 17.3 Å². The Balaban J connectivity index is 2.12. The number of nitrogens with zero attached hydrogens (tertiary/aromatic N) is 1. The first-order chi connectivity index (χ1) is 12.7. The van der Waals surface area contributed by atoms with Crippen molar-refractivity contribution in [1.29, 1.82) is 0 Å². The van der Waals surface area contributed by atoms with Gasteiger partial charge in [-0.2, -0.15) is 0 Å². The molecule has 144 valence electrons. The van der Waals surface area contributed by atoms with Gasteiger partial charge in [0.2, 0.25) is 5.75 Å². The minimum Gasteiger partial charge on any atom is -0.493 e. The molecule has 0 saturated carbocycles. The van der Waals surface area contributed by atoms with Gasteiger partial charge in [-0.3, -0.25) is 9.59 Å². The third-order valence-corrected chi connectivity index (χ3v) is 5.32. The second kappa shape index (κ2) is 7.23. The zero-order valence-corrected chi connectivity index (χ0v) is 16.9. The number of hydrogen-bond acceptors (Lipinski definition) is 6. The molecule has 2 aromatic rings. The van der Waals surface area contributed by atoms with E-state index in [2.05, 4.69) is 0 Å². The van der Waals surface area contributed by atoms with E-state index in [9.17, 15) is 9.59 Å². The third kappa shape index (κ3) is 3.93. The van der Waals surface area contributed by atoms with Crippen LogP contribution in [0, 0.1) is 5.41 Å². The molecule has 0 atom stereocenters. The molecule has 0 spiro atoms. The van der Waals surface area contributed by atoms with Gasteiger partial charge in [0, 0.05) is 18.5 Å². The molecule has 0 radical (unpaired) electrons. The maximum atomic E-state index is 12.6. The molecule has 0 saturated heterocycles. The van der Waals surface area contributed by atoms with Crippen molar-refractivity contribution in [3.05, 3.63) is 37.2 Å². The van der Waals surface area contributed by atoms with Crippen LogP contribution in [0.1, 0.15) is 26.3 Å². The molecule has 0 fully saturated rings. The fourth-order valence-electron chi connectivity index (χ4n) is 2.56. The molecule has 0 aliphatic carbocycles. The maximum Gasteiger partial charge on any atom is 0.268 e. The lowest BCUT2D eigenvalue weighted by molar-refractivity contribution is -0.120. The quantitative estimate of drug-likeness (QED) is 0.795. The van der Waals surface area contributed by atoms with Crippen LogP contribution in [0.25, 0.3) is 12.2 Å². The fraction of sp³-hybridized carbons (Fsp3) is 0.400. The highest BCUT2D eigenvalue weighted by Gasteiger charge is 2.20. The van der Waals surface area contributed by atoms with Crippen molar-refractivity contribution in [2.45, 2.75) is 20.8 Å². The highest BCUT2D eigenvalue weighted by molar-refractivity contribution is 7.07. The van der Waals surface area contributed by atoms with Crippen LogP contribution in [0.4, 0.5) is 0 Å². The summed E-state index contributed by atoms with van der Waals surface area (Å²) in [6.45, 7) is 6.50. The van der Waals surface area contributed by atoms with Crippen molar-refractivity contribution >= 4 is 29.3 Å². The summed E-state index contributed by atoms with van der Waals surface area (Å²) in [5.41, 5.74) is 0.123. The van der Waals surface area contributed by atoms with Crippen molar-refractivity contribution in [3.8, 4) is 17.2 Å². The number of carbonyl (C=O) groups excluding carboxylic acids is 1. The lowest BCUT2D eigenvalue weighted by atomic mass is 9.91. The van der Waals surface area contributed by atoms with E-state index in [1.54, 1.807) is 26.3 Å². The average molecular weight is 389 g/mol. The number of carbonyl (C=O) groups is 1. The van der Waals surface area contributed by atoms with Crippen molar-refractivity contribution in [2.75, 3.05) is 20.3 Å². The topological polar surface area (TPSA) is 66.8 Å². The number of ketones is 1. The van der Waals surface area contributed by atoms with Gasteiger partial charge in [-0.25, -0.2) is 0 Å². The molecule has 1 aliphatic heterocycles. The number of fused-ring (bicyclic) bond motifs is 1. The smallest absolute Gasteiger partial charge is 0.268 e. The van der Waals surface area contributed by atoms with Gasteiger partial charge in [0.05, 0.1) is 11.6 Å². The Labute approximate surface area is 161 Å². The Morgan fingerprint density at radius 1 is 1.26 bits per heavy atom. The Kier molecular flexibility index (Phi) is 5.15. The number of Topliss-reactive ketones (excluding diaryl/α,β-unsaturated/α-hetero) is 1. The number of benzene rings is 1. The van der Waals surface area contributed by atoms with Crippen LogP contribution in [0.2, 0.25) is 0 Å². The van der Waals surface area contributed by atoms with Crippen LogP contribution in [-0.2, 0) is 11.8 Å². The summed E-state index contributed by atoms with van der Waals surface area (Å²) < 4.78 is 19.3. The zero-order chi connectivity index (χ0) is 19.8. The molecular formula is C20H23NO5S. The lowest BCUT2D eigenvalue weighted by Gasteiger charge is -2.20. The molecule has 27 heavy (non-hydrogen) atoms. The van der Waals surface area contributed by atoms with Gasteiger partial charge in [0.25, 0.3) is 5.56 Å². The van der Waals surface area contributed by atoms with Gasteiger partial charge >= 0.3 is 0 Å². The number of aromatic nitrogens is 1. The molecular weight excluding hydrogens is 366 g/mol. The van der Waals surface area contributed by atoms with E-state index in [4.69, 9.17) is 14.2 Å². The highest BCUT2D eigenvalue weighted by Crippen LogP contribution is 2.40. The standard InChI is InChI=1S/C20H23NO5S/c1-20(2,3)16(22)11-17-21(4)19(23)15(27-17)10-12-8-13(24-5)18-14(9-12)25-6-7-26-18/h8-11H,6-7H2,1-5H3/b15-10+,17-11-. The summed E-state index contributed by atoms with van der Waals surface area (Å²) in [6, 6.07) is 3.62. The molecule has 7 heteroatoms. The van der Waals surface area contributed by atoms with E-state index in [1.807, 2.05) is 26.8 Å². The Hall–Kier alpha value is -2.54. The van der Waals surface area contributed by atoms with Gasteiger partial charge < -0.3 is 18.8 Å². The van der Waals surface area contributed by atoms with E-state index in [0.717, 1.165) is 5.56 Å². The number of thiazole rings is 1. The van der Waals surface area contributed by atoms with E-state index in [-0.39, 0.29) is 11.3 Å². The van der Waals surface area contributed by atoms with Crippen molar-refractivity contribution in [3.63, 3.8) is 0 Å². The van der Waals surface area contributed by atoms with E-state index < -0.39 is 5.41 Å². The molecule has 0 unspecified atom stereocenters. The monoisotopic (exact) mass is 389 g/mol. The van der Waals surface area contributed by atoms with Gasteiger partial charge in [-0.1, -0.05) is 20.8 Å². The second-order valence-corrected chi connectivity index (χ2v) is 8.38. The number of methoxy groups -OCH3 is 1. The predicted molar refractivity (Wildman–Crippen MR) is 105 cm³/mol. The average Bonchev–Trinajstić information content (AvgIpc) is 2.88. The Morgan fingerprint density at radius 2 is 1.96 bits per heavy atom. The number of hydrogen-bond donors (Lipinski definition) is 0. The highest BCUT2D eigenvalue weighted by atomic mass is 32.1. The third-order valence-electron chi connectivity index (χ3n) is 4.20. The Morgan fingerprint density at radius 3 is 2.63 bits per heavy atom. The predicted octanol–water partition coefficient (Wildman–Crippen LogP) is 1.45. The summed E-state index contributed by atoms with van der Waals surface area (Å²) >= 11 is 1.28. The first kappa shape index (κ1) is 19.2. The SMILES string of the molecule is COc1cc(/C=c2/s/c(=C\C(=O)C(C)(C)C)n(C)c2=O)cc2c1OCCO2. The minimum atomic E-state index is -0.493. The molecule has 1 aromatic heterocycles. The van der Waals surface area contributed by atoms with Gasteiger partial charge in [-0.15, -0.1) is 11.3 Å². The van der Waals surface area contributed by atoms with Crippen LogP contribution in [0.15, 0.2) is 16.9 Å². The summed E-state index contributed by atoms with van der Waals surface area (Å²) in [6.07, 6.45) is 3.31. The molecule has 1 aliphatic rings. The van der Waals surface area contributed by atoms with Crippen LogP contribution >= 0.6 is 11.3 Å². The maximum absolute atomic E-state index is 12.6. The summed E-state index contributed by atoms with van der Waals surface area (Å²) in [5, 5.41) is 0.